The zero-order chi connectivity index (χ0) is 22.2. The molecule has 3 amide bonds. The van der Waals surface area contributed by atoms with Gasteiger partial charge in [-0.3, -0.25) is 24.2 Å². The molecule has 170 valence electrons. The van der Waals surface area contributed by atoms with E-state index in [1.807, 2.05) is 9.80 Å². The van der Waals surface area contributed by atoms with Crippen LogP contribution >= 0.6 is 0 Å². The number of rotatable bonds is 7. The Morgan fingerprint density at radius 2 is 1.65 bits per heavy atom. The fraction of sp³-hybridized carbons (Fsp3) is 0.571. The van der Waals surface area contributed by atoms with E-state index in [9.17, 15) is 14.4 Å². The van der Waals surface area contributed by atoms with Crippen molar-refractivity contribution in [2.45, 2.75) is 6.92 Å². The predicted molar refractivity (Wildman–Crippen MR) is 116 cm³/mol. The summed E-state index contributed by atoms with van der Waals surface area (Å²) in [6.07, 6.45) is 0. The van der Waals surface area contributed by atoms with Gasteiger partial charge in [0.2, 0.25) is 17.7 Å². The minimum absolute atomic E-state index is 0.130. The molecule has 0 aliphatic carbocycles. The largest absolute Gasteiger partial charge is 0.495 e. The molecule has 0 radical (unpaired) electrons. The molecule has 0 spiro atoms. The van der Waals surface area contributed by atoms with E-state index in [0.717, 1.165) is 13.1 Å². The summed E-state index contributed by atoms with van der Waals surface area (Å²) in [4.78, 5) is 42.4. The summed E-state index contributed by atoms with van der Waals surface area (Å²) in [6, 6.07) is 5.07. The SMILES string of the molecule is COc1ccc(NC(C)=O)cc1NC(=O)CN1CCN(C(=O)CN2CCOCC2)CC1. The highest BCUT2D eigenvalue weighted by Crippen LogP contribution is 2.27. The number of morpholine rings is 1. The van der Waals surface area contributed by atoms with E-state index < -0.39 is 0 Å². The Labute approximate surface area is 182 Å². The minimum atomic E-state index is -0.191. The molecule has 31 heavy (non-hydrogen) atoms. The van der Waals surface area contributed by atoms with Crippen LogP contribution in [0.5, 0.6) is 5.75 Å². The smallest absolute Gasteiger partial charge is 0.238 e. The number of nitrogens with zero attached hydrogens (tertiary/aromatic N) is 3. The minimum Gasteiger partial charge on any atom is -0.495 e. The molecule has 0 unspecified atom stereocenters. The highest BCUT2D eigenvalue weighted by molar-refractivity contribution is 5.95. The van der Waals surface area contributed by atoms with Crippen molar-refractivity contribution in [3.63, 3.8) is 0 Å². The first kappa shape index (κ1) is 23.0. The van der Waals surface area contributed by atoms with Crippen LogP contribution in [0.2, 0.25) is 0 Å². The van der Waals surface area contributed by atoms with Gasteiger partial charge in [-0.1, -0.05) is 0 Å². The molecule has 2 N–H and O–H groups in total. The zero-order valence-electron chi connectivity index (χ0n) is 18.2. The highest BCUT2D eigenvalue weighted by atomic mass is 16.5. The number of nitrogens with one attached hydrogen (secondary N) is 2. The van der Waals surface area contributed by atoms with Gasteiger partial charge in [0.1, 0.15) is 5.75 Å². The molecule has 1 aromatic rings. The summed E-state index contributed by atoms with van der Waals surface area (Å²) in [5.74, 6) is 0.279. The van der Waals surface area contributed by atoms with Gasteiger partial charge < -0.3 is 25.0 Å². The van der Waals surface area contributed by atoms with Crippen molar-refractivity contribution in [1.82, 2.24) is 14.7 Å². The second-order valence-corrected chi connectivity index (χ2v) is 7.69. The molecule has 2 aliphatic rings. The van der Waals surface area contributed by atoms with Crippen LogP contribution in [-0.4, -0.2) is 105 Å². The van der Waals surface area contributed by atoms with Crippen molar-refractivity contribution in [1.29, 1.82) is 0 Å². The molecule has 0 saturated carbocycles. The van der Waals surface area contributed by atoms with Crippen LogP contribution in [-0.2, 0) is 19.1 Å². The van der Waals surface area contributed by atoms with Crippen LogP contribution < -0.4 is 15.4 Å². The Morgan fingerprint density at radius 3 is 2.29 bits per heavy atom. The summed E-state index contributed by atoms with van der Waals surface area (Å²) in [5, 5.41) is 5.55. The summed E-state index contributed by atoms with van der Waals surface area (Å²) in [6.45, 7) is 7.51. The quantitative estimate of drug-likeness (QED) is 0.627. The third-order valence-electron chi connectivity index (χ3n) is 5.35. The van der Waals surface area contributed by atoms with Gasteiger partial charge in [0.15, 0.2) is 0 Å². The molecule has 2 fully saturated rings. The van der Waals surface area contributed by atoms with E-state index in [-0.39, 0.29) is 24.3 Å². The summed E-state index contributed by atoms with van der Waals surface area (Å²) in [7, 11) is 1.52. The van der Waals surface area contributed by atoms with Crippen molar-refractivity contribution in [2.75, 3.05) is 83.3 Å². The second kappa shape index (κ2) is 11.1. The molecule has 3 rings (SSSR count). The lowest BCUT2D eigenvalue weighted by molar-refractivity contribution is -0.135. The van der Waals surface area contributed by atoms with Crippen LogP contribution in [0.1, 0.15) is 6.92 Å². The molecule has 2 saturated heterocycles. The average Bonchev–Trinajstić information content (AvgIpc) is 2.74. The molecule has 2 heterocycles. The first-order valence-electron chi connectivity index (χ1n) is 10.5. The third-order valence-corrected chi connectivity index (χ3v) is 5.35. The average molecular weight is 434 g/mol. The number of carbonyl (C=O) groups excluding carboxylic acids is 3. The van der Waals surface area contributed by atoms with E-state index in [0.29, 0.717) is 63.1 Å². The normalized spacial score (nSPS) is 17.8. The summed E-state index contributed by atoms with van der Waals surface area (Å²) < 4.78 is 10.6. The van der Waals surface area contributed by atoms with Crippen LogP contribution in [0.4, 0.5) is 11.4 Å². The topological polar surface area (TPSA) is 103 Å². The molecular formula is C21H31N5O5. The number of amides is 3. The monoisotopic (exact) mass is 433 g/mol. The summed E-state index contributed by atoms with van der Waals surface area (Å²) in [5.41, 5.74) is 1.08. The van der Waals surface area contributed by atoms with Gasteiger partial charge >= 0.3 is 0 Å². The maximum Gasteiger partial charge on any atom is 0.238 e. The van der Waals surface area contributed by atoms with E-state index in [2.05, 4.69) is 15.5 Å². The van der Waals surface area contributed by atoms with Crippen LogP contribution in [0, 0.1) is 0 Å². The zero-order valence-corrected chi connectivity index (χ0v) is 18.2. The van der Waals surface area contributed by atoms with Gasteiger partial charge in [0, 0.05) is 51.9 Å². The number of ether oxygens (including phenoxy) is 2. The first-order valence-corrected chi connectivity index (χ1v) is 10.5. The Bertz CT molecular complexity index is 788. The second-order valence-electron chi connectivity index (χ2n) is 7.69. The third kappa shape index (κ3) is 6.91. The number of piperazine rings is 1. The van der Waals surface area contributed by atoms with Gasteiger partial charge in [-0.2, -0.15) is 0 Å². The van der Waals surface area contributed by atoms with Crippen molar-refractivity contribution < 1.29 is 23.9 Å². The Balaban J connectivity index is 1.46. The van der Waals surface area contributed by atoms with Crippen molar-refractivity contribution >= 4 is 29.1 Å². The Morgan fingerprint density at radius 1 is 0.968 bits per heavy atom. The van der Waals surface area contributed by atoms with E-state index in [1.165, 1.54) is 14.0 Å². The van der Waals surface area contributed by atoms with Gasteiger partial charge in [-0.05, 0) is 18.2 Å². The summed E-state index contributed by atoms with van der Waals surface area (Å²) >= 11 is 0. The molecule has 10 nitrogen and oxygen atoms in total. The maximum atomic E-state index is 12.6. The molecule has 0 bridgehead atoms. The number of benzene rings is 1. The van der Waals surface area contributed by atoms with E-state index in [4.69, 9.17) is 9.47 Å². The van der Waals surface area contributed by atoms with Gasteiger partial charge in [0.25, 0.3) is 0 Å². The lowest BCUT2D eigenvalue weighted by Crippen LogP contribution is -2.53. The van der Waals surface area contributed by atoms with Crippen molar-refractivity contribution in [3.05, 3.63) is 18.2 Å². The van der Waals surface area contributed by atoms with Crippen molar-refractivity contribution in [2.24, 2.45) is 0 Å². The lowest BCUT2D eigenvalue weighted by Gasteiger charge is -2.36. The van der Waals surface area contributed by atoms with Crippen molar-refractivity contribution in [3.8, 4) is 5.75 Å². The fourth-order valence-electron chi connectivity index (χ4n) is 3.69. The van der Waals surface area contributed by atoms with Gasteiger partial charge in [0.05, 0.1) is 39.1 Å². The fourth-order valence-corrected chi connectivity index (χ4v) is 3.69. The molecular weight excluding hydrogens is 402 g/mol. The van der Waals surface area contributed by atoms with E-state index >= 15 is 0 Å². The van der Waals surface area contributed by atoms with E-state index in [1.54, 1.807) is 18.2 Å². The maximum absolute atomic E-state index is 12.6. The molecule has 0 atom stereocenters. The molecule has 1 aromatic carbocycles. The van der Waals surface area contributed by atoms with Crippen LogP contribution in [0.3, 0.4) is 0 Å². The van der Waals surface area contributed by atoms with Crippen LogP contribution in [0.15, 0.2) is 18.2 Å². The number of methoxy groups -OCH3 is 1. The Hall–Kier alpha value is -2.69. The number of hydrogen-bond acceptors (Lipinski definition) is 7. The lowest BCUT2D eigenvalue weighted by atomic mass is 10.2. The predicted octanol–water partition coefficient (Wildman–Crippen LogP) is 0.0685. The van der Waals surface area contributed by atoms with Gasteiger partial charge in [-0.25, -0.2) is 0 Å². The number of hydrogen-bond donors (Lipinski definition) is 2. The molecule has 2 aliphatic heterocycles. The van der Waals surface area contributed by atoms with Gasteiger partial charge in [-0.15, -0.1) is 0 Å². The number of carbonyl (C=O) groups is 3. The highest BCUT2D eigenvalue weighted by Gasteiger charge is 2.24. The standard InChI is InChI=1S/C21H31N5O5/c1-16(27)22-17-3-4-19(30-2)18(13-17)23-20(28)14-24-5-7-26(8-6-24)21(29)15-25-9-11-31-12-10-25/h3-4,13H,5-12,14-15H2,1-2H3,(H,22,27)(H,23,28). The molecule has 10 heteroatoms. The first-order chi connectivity index (χ1) is 14.9. The Kier molecular flexibility index (Phi) is 8.21. The molecule has 0 aromatic heterocycles. The number of anilines is 2. The van der Waals surface area contributed by atoms with Crippen LogP contribution in [0.25, 0.3) is 0 Å².